The molecule has 2 saturated carbocycles. The van der Waals surface area contributed by atoms with Crippen LogP contribution < -0.4 is 20.3 Å². The highest BCUT2D eigenvalue weighted by atomic mass is 35.5. The molecule has 1 unspecified atom stereocenters. The van der Waals surface area contributed by atoms with Gasteiger partial charge in [0.15, 0.2) is 0 Å². The van der Waals surface area contributed by atoms with E-state index in [1.807, 2.05) is 12.1 Å². The van der Waals surface area contributed by atoms with Crippen LogP contribution in [0.4, 0.5) is 11.5 Å². The lowest BCUT2D eigenvalue weighted by molar-refractivity contribution is -0.155. The molecule has 4 aliphatic heterocycles. The van der Waals surface area contributed by atoms with Crippen molar-refractivity contribution in [2.75, 3.05) is 49.1 Å². The maximum atomic E-state index is 14.0. The molecular weight excluding hydrogens is 774 g/mol. The topological polar surface area (TPSA) is 186 Å². The Labute approximate surface area is 347 Å². The fraction of sp³-hybridized carbons (Fsp3) is 0.488. The molecule has 5 amide bonds. The van der Waals surface area contributed by atoms with Crippen molar-refractivity contribution in [3.63, 3.8) is 0 Å². The predicted octanol–water partition coefficient (Wildman–Crippen LogP) is 4.18. The molecule has 0 bridgehead atoms. The molecule has 5 heterocycles. The third kappa shape index (κ3) is 7.26. The molecule has 2 aliphatic carbocycles. The van der Waals surface area contributed by atoms with Gasteiger partial charge in [-0.15, -0.1) is 0 Å². The van der Waals surface area contributed by atoms with Crippen molar-refractivity contribution < 1.29 is 28.7 Å². The number of amides is 5. The molecule has 16 heteroatoms. The van der Waals surface area contributed by atoms with Gasteiger partial charge in [0.05, 0.1) is 40.2 Å². The third-order valence-corrected chi connectivity index (χ3v) is 13.9. The second kappa shape index (κ2) is 15.5. The number of carbonyl (C=O) groups is 5. The van der Waals surface area contributed by atoms with E-state index in [1.54, 1.807) is 36.5 Å². The van der Waals surface area contributed by atoms with E-state index in [0.29, 0.717) is 64.6 Å². The van der Waals surface area contributed by atoms with Crippen LogP contribution in [0, 0.1) is 16.7 Å². The van der Waals surface area contributed by atoms with E-state index in [4.69, 9.17) is 27.3 Å². The Hall–Kier alpha value is -5.59. The quantitative estimate of drug-likeness (QED) is 0.320. The predicted molar refractivity (Wildman–Crippen MR) is 216 cm³/mol. The number of imide groups is 2. The first-order chi connectivity index (χ1) is 28.5. The minimum absolute atomic E-state index is 0.0745. The molecule has 2 aromatic carbocycles. The number of hydrogen-bond donors (Lipinski definition) is 1. The van der Waals surface area contributed by atoms with Crippen LogP contribution in [0.5, 0.6) is 5.75 Å². The Kier molecular flexibility index (Phi) is 10.2. The molecule has 1 atom stereocenters. The molecule has 59 heavy (non-hydrogen) atoms. The van der Waals surface area contributed by atoms with E-state index in [1.165, 1.54) is 11.1 Å². The van der Waals surface area contributed by atoms with Crippen LogP contribution in [0.3, 0.4) is 0 Å². The van der Waals surface area contributed by atoms with E-state index < -0.39 is 29.7 Å². The number of nitrogens with two attached hydrogens (primary N) is 1. The second-order valence-electron chi connectivity index (χ2n) is 16.9. The minimum Gasteiger partial charge on any atom is -0.490 e. The Morgan fingerprint density at radius 1 is 0.814 bits per heavy atom. The van der Waals surface area contributed by atoms with Gasteiger partial charge in [0.25, 0.3) is 23.6 Å². The summed E-state index contributed by atoms with van der Waals surface area (Å²) in [5.41, 5.74) is 7.64. The van der Waals surface area contributed by atoms with Gasteiger partial charge < -0.3 is 20.3 Å². The maximum absolute atomic E-state index is 14.0. The summed E-state index contributed by atoms with van der Waals surface area (Å²) >= 11 is 6.18. The fourth-order valence-corrected chi connectivity index (χ4v) is 10.4. The van der Waals surface area contributed by atoms with Crippen molar-refractivity contribution >= 4 is 52.6 Å². The fourth-order valence-electron chi connectivity index (χ4n) is 10.2. The Balaban J connectivity index is 0.773. The van der Waals surface area contributed by atoms with Crippen molar-refractivity contribution in [1.82, 2.24) is 24.7 Å². The molecule has 306 valence electrons. The number of primary amides is 1. The first-order valence-electron chi connectivity index (χ1n) is 20.6. The number of nitriles is 1. The number of aromatic nitrogens is 2. The second-order valence-corrected chi connectivity index (χ2v) is 17.3. The van der Waals surface area contributed by atoms with Crippen LogP contribution in [-0.4, -0.2) is 118 Å². The number of piperidine rings is 2. The monoisotopic (exact) mass is 819 g/mol. The average Bonchev–Trinajstić information content (AvgIpc) is 3.48. The maximum Gasteiger partial charge on any atom is 0.268 e. The minimum atomic E-state index is -1.04. The van der Waals surface area contributed by atoms with Crippen molar-refractivity contribution in [1.29, 1.82) is 5.26 Å². The van der Waals surface area contributed by atoms with Crippen LogP contribution in [0.1, 0.15) is 101 Å². The highest BCUT2D eigenvalue weighted by molar-refractivity contribution is 6.31. The lowest BCUT2D eigenvalue weighted by Crippen LogP contribution is -2.59. The van der Waals surface area contributed by atoms with Crippen LogP contribution in [0.15, 0.2) is 48.8 Å². The normalized spacial score (nSPS) is 24.9. The van der Waals surface area contributed by atoms with E-state index in [0.717, 1.165) is 81.4 Å². The molecule has 6 aliphatic rings. The standard InChI is InChI=1S/C43H46ClN9O6/c44-34-20-31(5-1-26(34)23-45)59-30-6-2-27(3-7-30)52-38(54)10-9-36(42(52)58)53-40(56)32-8-4-28(19-33(32)41(53)57)49-13-11-43(12-14-49)21-29(22-43)50-15-17-51(18-16-50)37-25-47-35(24-48-37)39(46)55/h1,4-5,8,19-20,24-25,27,29-30,36H,2-3,6-7,9-18,21-22H2,(H2,46,55). The van der Waals surface area contributed by atoms with Crippen LogP contribution in [-0.2, 0) is 9.59 Å². The number of carbonyl (C=O) groups excluding carboxylic acids is 5. The average molecular weight is 820 g/mol. The first kappa shape index (κ1) is 38.9. The van der Waals surface area contributed by atoms with Gasteiger partial charge in [0, 0.05) is 69.5 Å². The first-order valence-corrected chi connectivity index (χ1v) is 21.0. The number of hydrogen-bond acceptors (Lipinski definition) is 12. The molecule has 1 spiro atoms. The molecule has 2 N–H and O–H groups in total. The van der Waals surface area contributed by atoms with Gasteiger partial charge in [0.1, 0.15) is 29.4 Å². The van der Waals surface area contributed by atoms with Crippen molar-refractivity contribution in [2.24, 2.45) is 11.1 Å². The van der Waals surface area contributed by atoms with Gasteiger partial charge >= 0.3 is 0 Å². The molecule has 3 saturated heterocycles. The summed E-state index contributed by atoms with van der Waals surface area (Å²) < 4.78 is 6.11. The SMILES string of the molecule is N#Cc1ccc(OC2CCC(N3C(=O)CCC(N4C(=O)c5ccc(N6CCC7(CC6)CC(N6CCN(c8cnc(C(N)=O)cn8)CC6)C7)cc5C4=O)C3=O)CC2)cc1Cl. The number of halogens is 1. The van der Waals surface area contributed by atoms with Crippen LogP contribution in [0.25, 0.3) is 0 Å². The summed E-state index contributed by atoms with van der Waals surface area (Å²) in [6.07, 6.45) is 9.80. The van der Waals surface area contributed by atoms with Crippen LogP contribution in [0.2, 0.25) is 5.02 Å². The zero-order valence-corrected chi connectivity index (χ0v) is 33.5. The Morgan fingerprint density at radius 2 is 1.54 bits per heavy atom. The lowest BCUT2D eigenvalue weighted by atomic mass is 9.60. The van der Waals surface area contributed by atoms with Crippen LogP contribution >= 0.6 is 11.6 Å². The summed E-state index contributed by atoms with van der Waals surface area (Å²) in [6, 6.07) is 11.6. The third-order valence-electron chi connectivity index (χ3n) is 13.6. The number of piperazine rings is 1. The molecule has 3 aromatic rings. The van der Waals surface area contributed by atoms with Gasteiger partial charge in [-0.25, -0.2) is 9.97 Å². The van der Waals surface area contributed by atoms with Gasteiger partial charge in [-0.05, 0) is 93.5 Å². The summed E-state index contributed by atoms with van der Waals surface area (Å²) in [5, 5.41) is 9.47. The van der Waals surface area contributed by atoms with E-state index in [2.05, 4.69) is 24.7 Å². The van der Waals surface area contributed by atoms with Gasteiger partial charge in [0.2, 0.25) is 5.91 Å². The Bertz CT molecular complexity index is 2230. The number of likely N-dealkylation sites (tertiary alicyclic amines) is 1. The molecule has 5 fully saturated rings. The lowest BCUT2D eigenvalue weighted by Gasteiger charge is -2.56. The molecule has 9 rings (SSSR count). The number of nitrogens with zero attached hydrogens (tertiary/aromatic N) is 8. The van der Waals surface area contributed by atoms with E-state index in [9.17, 15) is 24.0 Å². The van der Waals surface area contributed by atoms with Gasteiger partial charge in [-0.2, -0.15) is 5.26 Å². The number of anilines is 2. The summed E-state index contributed by atoms with van der Waals surface area (Å²) in [7, 11) is 0. The van der Waals surface area contributed by atoms with Crippen molar-refractivity contribution in [3.8, 4) is 11.8 Å². The highest BCUT2D eigenvalue weighted by Crippen LogP contribution is 2.51. The Morgan fingerprint density at radius 3 is 2.20 bits per heavy atom. The van der Waals surface area contributed by atoms with E-state index >= 15 is 0 Å². The zero-order chi connectivity index (χ0) is 41.0. The van der Waals surface area contributed by atoms with Crippen molar-refractivity contribution in [3.05, 3.63) is 76.2 Å². The highest BCUT2D eigenvalue weighted by Gasteiger charge is 2.50. The molecule has 1 aromatic heterocycles. The van der Waals surface area contributed by atoms with E-state index in [-0.39, 0.29) is 36.6 Å². The van der Waals surface area contributed by atoms with Gasteiger partial charge in [-0.1, -0.05) is 11.6 Å². The summed E-state index contributed by atoms with van der Waals surface area (Å²) in [4.78, 5) is 84.3. The van der Waals surface area contributed by atoms with Gasteiger partial charge in [-0.3, -0.25) is 38.7 Å². The summed E-state index contributed by atoms with van der Waals surface area (Å²) in [6.45, 7) is 5.30. The van der Waals surface area contributed by atoms with Crippen molar-refractivity contribution in [2.45, 2.75) is 88.4 Å². The number of ether oxygens (including phenoxy) is 1. The number of benzene rings is 2. The number of fused-ring (bicyclic) bond motifs is 1. The summed E-state index contributed by atoms with van der Waals surface area (Å²) in [5.74, 6) is -1.02. The molecule has 15 nitrogen and oxygen atoms in total. The number of rotatable bonds is 8. The largest absolute Gasteiger partial charge is 0.490 e. The zero-order valence-electron chi connectivity index (χ0n) is 32.7. The molecular formula is C43H46ClN9O6. The smallest absolute Gasteiger partial charge is 0.268 e. The molecule has 0 radical (unpaired) electrons.